The quantitative estimate of drug-likeness (QED) is 0.282. The van der Waals surface area contributed by atoms with Gasteiger partial charge in [-0.2, -0.15) is 5.26 Å². The van der Waals surface area contributed by atoms with Crippen LogP contribution in [0.15, 0.2) is 58.5 Å². The first-order valence-corrected chi connectivity index (χ1v) is 11.5. The van der Waals surface area contributed by atoms with Crippen LogP contribution >= 0.6 is 11.8 Å². The van der Waals surface area contributed by atoms with Crippen LogP contribution in [0.5, 0.6) is 0 Å². The SMILES string of the molecule is CCCCCCn1c(SCC(=O)Nc2ccc(CC#N)cc2)nc2ccccc2c1=O. The molecule has 1 amide bonds. The zero-order valence-electron chi connectivity index (χ0n) is 17.6. The number of carbonyl (C=O) groups is 1. The molecule has 6 nitrogen and oxygen atoms in total. The lowest BCUT2D eigenvalue weighted by molar-refractivity contribution is -0.113. The van der Waals surface area contributed by atoms with Crippen molar-refractivity contribution in [3.63, 3.8) is 0 Å². The maximum absolute atomic E-state index is 13.0. The Bertz CT molecular complexity index is 1130. The largest absolute Gasteiger partial charge is 0.325 e. The van der Waals surface area contributed by atoms with Crippen LogP contribution in [0, 0.1) is 11.3 Å². The molecule has 0 bridgehead atoms. The number of benzene rings is 2. The molecule has 1 heterocycles. The van der Waals surface area contributed by atoms with Crippen molar-refractivity contribution in [2.24, 2.45) is 0 Å². The van der Waals surface area contributed by atoms with Crippen molar-refractivity contribution in [3.8, 4) is 6.07 Å². The van der Waals surface area contributed by atoms with Crippen molar-refractivity contribution >= 4 is 34.3 Å². The fraction of sp³-hybridized carbons (Fsp3) is 0.333. The van der Waals surface area contributed by atoms with E-state index in [9.17, 15) is 9.59 Å². The zero-order chi connectivity index (χ0) is 22.1. The van der Waals surface area contributed by atoms with E-state index in [-0.39, 0.29) is 17.2 Å². The van der Waals surface area contributed by atoms with Gasteiger partial charge in [0.15, 0.2) is 5.16 Å². The van der Waals surface area contributed by atoms with Crippen LogP contribution < -0.4 is 10.9 Å². The molecule has 7 heteroatoms. The number of fused-ring (bicyclic) bond motifs is 1. The number of amides is 1. The third-order valence-electron chi connectivity index (χ3n) is 4.92. The molecule has 0 unspecified atom stereocenters. The molecule has 1 N–H and O–H groups in total. The van der Waals surface area contributed by atoms with Gasteiger partial charge in [-0.25, -0.2) is 4.98 Å². The predicted octanol–water partition coefficient (Wildman–Crippen LogP) is 4.77. The topological polar surface area (TPSA) is 87.8 Å². The van der Waals surface area contributed by atoms with Gasteiger partial charge in [-0.05, 0) is 36.2 Å². The Morgan fingerprint density at radius 1 is 1.13 bits per heavy atom. The van der Waals surface area contributed by atoms with Crippen LogP contribution in [0.3, 0.4) is 0 Å². The highest BCUT2D eigenvalue weighted by atomic mass is 32.2. The summed E-state index contributed by atoms with van der Waals surface area (Å²) in [5, 5.41) is 12.8. The fourth-order valence-electron chi connectivity index (χ4n) is 3.28. The van der Waals surface area contributed by atoms with Crippen LogP contribution in [-0.2, 0) is 17.8 Å². The standard InChI is InChI=1S/C24H26N4O2S/c1-2-3-4-7-16-28-23(30)20-8-5-6-9-21(20)27-24(28)31-17-22(29)26-19-12-10-18(11-13-19)14-15-25/h5-6,8-13H,2-4,7,14,16-17H2,1H3,(H,26,29). The molecule has 0 aliphatic carbocycles. The predicted molar refractivity (Wildman–Crippen MR) is 125 cm³/mol. The molecule has 0 fully saturated rings. The number of carbonyl (C=O) groups excluding carboxylic acids is 1. The highest BCUT2D eigenvalue weighted by molar-refractivity contribution is 7.99. The number of nitrogens with one attached hydrogen (secondary N) is 1. The van der Waals surface area contributed by atoms with Crippen LogP contribution in [0.25, 0.3) is 10.9 Å². The third kappa shape index (κ3) is 6.19. The molecule has 2 aromatic carbocycles. The van der Waals surface area contributed by atoms with Crippen molar-refractivity contribution < 1.29 is 4.79 Å². The summed E-state index contributed by atoms with van der Waals surface area (Å²) in [6.45, 7) is 2.75. The van der Waals surface area contributed by atoms with E-state index >= 15 is 0 Å². The minimum absolute atomic E-state index is 0.0573. The Labute approximate surface area is 186 Å². The van der Waals surface area contributed by atoms with Crippen LogP contribution in [0.1, 0.15) is 38.2 Å². The molecular formula is C24H26N4O2S. The van der Waals surface area contributed by atoms with Gasteiger partial charge in [0.05, 0.1) is 29.1 Å². The number of hydrogen-bond donors (Lipinski definition) is 1. The Kier molecular flexibility index (Phi) is 8.25. The molecule has 160 valence electrons. The van der Waals surface area contributed by atoms with E-state index in [0.29, 0.717) is 34.7 Å². The maximum Gasteiger partial charge on any atom is 0.262 e. The summed E-state index contributed by atoms with van der Waals surface area (Å²) in [6.07, 6.45) is 4.57. The van der Waals surface area contributed by atoms with Gasteiger partial charge in [-0.3, -0.25) is 14.2 Å². The number of nitriles is 1. The number of nitrogens with zero attached hydrogens (tertiary/aromatic N) is 3. The minimum Gasteiger partial charge on any atom is -0.325 e. The normalized spacial score (nSPS) is 10.7. The molecule has 0 atom stereocenters. The Morgan fingerprint density at radius 2 is 1.90 bits per heavy atom. The average molecular weight is 435 g/mol. The first-order valence-electron chi connectivity index (χ1n) is 10.5. The van der Waals surface area contributed by atoms with Crippen molar-refractivity contribution in [1.82, 2.24) is 9.55 Å². The van der Waals surface area contributed by atoms with Gasteiger partial charge in [0.1, 0.15) is 0 Å². The van der Waals surface area contributed by atoms with E-state index in [1.165, 1.54) is 11.8 Å². The summed E-state index contributed by atoms with van der Waals surface area (Å²) in [4.78, 5) is 30.1. The van der Waals surface area contributed by atoms with E-state index in [2.05, 4.69) is 23.3 Å². The first-order chi connectivity index (χ1) is 15.1. The van der Waals surface area contributed by atoms with E-state index in [0.717, 1.165) is 31.2 Å². The van der Waals surface area contributed by atoms with Crippen molar-refractivity contribution in [2.45, 2.75) is 50.7 Å². The van der Waals surface area contributed by atoms with Crippen LogP contribution in [-0.4, -0.2) is 21.2 Å². The van der Waals surface area contributed by atoms with Gasteiger partial charge < -0.3 is 5.32 Å². The number of unbranched alkanes of at least 4 members (excludes halogenated alkanes) is 3. The van der Waals surface area contributed by atoms with Gasteiger partial charge in [0.2, 0.25) is 5.91 Å². The number of aromatic nitrogens is 2. The smallest absolute Gasteiger partial charge is 0.262 e. The van der Waals surface area contributed by atoms with E-state index in [4.69, 9.17) is 5.26 Å². The van der Waals surface area contributed by atoms with Gasteiger partial charge in [-0.1, -0.05) is 62.2 Å². The van der Waals surface area contributed by atoms with Gasteiger partial charge in [-0.15, -0.1) is 0 Å². The molecule has 0 radical (unpaired) electrons. The lowest BCUT2D eigenvalue weighted by Gasteiger charge is -2.13. The molecule has 0 saturated heterocycles. The van der Waals surface area contributed by atoms with Gasteiger partial charge in [0.25, 0.3) is 5.56 Å². The second kappa shape index (κ2) is 11.3. The summed E-state index contributed by atoms with van der Waals surface area (Å²) in [7, 11) is 0. The molecular weight excluding hydrogens is 408 g/mol. The van der Waals surface area contributed by atoms with E-state index < -0.39 is 0 Å². The van der Waals surface area contributed by atoms with Gasteiger partial charge >= 0.3 is 0 Å². The second-order valence-electron chi connectivity index (χ2n) is 7.30. The van der Waals surface area contributed by atoms with E-state index in [1.807, 2.05) is 30.3 Å². The Balaban J connectivity index is 1.72. The van der Waals surface area contributed by atoms with Crippen molar-refractivity contribution in [1.29, 1.82) is 5.26 Å². The fourth-order valence-corrected chi connectivity index (χ4v) is 4.10. The maximum atomic E-state index is 13.0. The van der Waals surface area contributed by atoms with E-state index in [1.54, 1.807) is 22.8 Å². The highest BCUT2D eigenvalue weighted by Crippen LogP contribution is 2.19. The molecule has 1 aromatic heterocycles. The van der Waals surface area contributed by atoms with Crippen molar-refractivity contribution in [3.05, 3.63) is 64.4 Å². The first kappa shape index (κ1) is 22.6. The number of hydrogen-bond acceptors (Lipinski definition) is 5. The molecule has 0 aliphatic heterocycles. The van der Waals surface area contributed by atoms with Gasteiger partial charge in [0, 0.05) is 12.2 Å². The number of thioether (sulfide) groups is 1. The van der Waals surface area contributed by atoms with Crippen LogP contribution in [0.2, 0.25) is 0 Å². The number of para-hydroxylation sites is 1. The lowest BCUT2D eigenvalue weighted by Crippen LogP contribution is -2.24. The summed E-state index contributed by atoms with van der Waals surface area (Å²) < 4.78 is 1.70. The monoisotopic (exact) mass is 434 g/mol. The third-order valence-corrected chi connectivity index (χ3v) is 5.89. The molecule has 0 aliphatic rings. The molecule has 31 heavy (non-hydrogen) atoms. The lowest BCUT2D eigenvalue weighted by atomic mass is 10.1. The van der Waals surface area contributed by atoms with Crippen molar-refractivity contribution in [2.75, 3.05) is 11.1 Å². The minimum atomic E-state index is -0.169. The summed E-state index contributed by atoms with van der Waals surface area (Å²) >= 11 is 1.28. The summed E-state index contributed by atoms with van der Waals surface area (Å²) in [5.74, 6) is -0.0161. The Hall–Kier alpha value is -3.11. The zero-order valence-corrected chi connectivity index (χ0v) is 18.5. The molecule has 3 aromatic rings. The highest BCUT2D eigenvalue weighted by Gasteiger charge is 2.13. The summed E-state index contributed by atoms with van der Waals surface area (Å²) in [5.41, 5.74) is 2.17. The average Bonchev–Trinajstić information content (AvgIpc) is 2.78. The number of rotatable bonds is 10. The number of anilines is 1. The van der Waals surface area contributed by atoms with Crippen LogP contribution in [0.4, 0.5) is 5.69 Å². The molecule has 0 spiro atoms. The summed E-state index contributed by atoms with van der Waals surface area (Å²) in [6, 6.07) is 16.6. The Morgan fingerprint density at radius 3 is 2.65 bits per heavy atom. The second-order valence-corrected chi connectivity index (χ2v) is 8.24. The molecule has 3 rings (SSSR count). The molecule has 0 saturated carbocycles.